The van der Waals surface area contributed by atoms with E-state index in [2.05, 4.69) is 180 Å². The van der Waals surface area contributed by atoms with Crippen LogP contribution in [0.2, 0.25) is 0 Å². The van der Waals surface area contributed by atoms with E-state index in [0.29, 0.717) is 0 Å². The van der Waals surface area contributed by atoms with Crippen molar-refractivity contribution < 1.29 is 8.83 Å². The van der Waals surface area contributed by atoms with Crippen molar-refractivity contribution in [3.8, 4) is 50.2 Å². The van der Waals surface area contributed by atoms with Gasteiger partial charge in [0.05, 0.1) is 11.0 Å². The number of hydrogen-bond acceptors (Lipinski definition) is 2. The minimum Gasteiger partial charge on any atom is -0.456 e. The number of hydrogen-bond donors (Lipinski definition) is 0. The number of benzene rings is 9. The van der Waals surface area contributed by atoms with E-state index in [1.165, 1.54) is 21.8 Å². The molecular weight excluding hydrogens is 695 g/mol. The monoisotopic (exact) mass is 727 g/mol. The van der Waals surface area contributed by atoms with Crippen LogP contribution in [0.15, 0.2) is 209 Å². The normalized spacial score (nSPS) is 11.9. The Morgan fingerprint density at radius 2 is 0.614 bits per heavy atom. The maximum Gasteiger partial charge on any atom is 0.135 e. The van der Waals surface area contributed by atoms with Gasteiger partial charge in [0.25, 0.3) is 0 Å². The minimum atomic E-state index is 0.903. The first-order chi connectivity index (χ1) is 28.2. The first-order valence-corrected chi connectivity index (χ1v) is 19.4. The third-order valence-electron chi connectivity index (χ3n) is 11.6. The van der Waals surface area contributed by atoms with Crippen molar-refractivity contribution in [1.29, 1.82) is 0 Å². The zero-order valence-electron chi connectivity index (χ0n) is 30.8. The van der Waals surface area contributed by atoms with Gasteiger partial charge in [-0.05, 0) is 123 Å². The van der Waals surface area contributed by atoms with Gasteiger partial charge in [-0.15, -0.1) is 0 Å². The molecule has 9 aromatic carbocycles. The summed E-state index contributed by atoms with van der Waals surface area (Å²) in [6.07, 6.45) is 0. The molecule has 0 saturated carbocycles. The zero-order chi connectivity index (χ0) is 37.5. The average molecular weight is 728 g/mol. The Morgan fingerprint density at radius 1 is 0.246 bits per heavy atom. The molecule has 0 aliphatic carbocycles. The second-order valence-electron chi connectivity index (χ2n) is 14.9. The van der Waals surface area contributed by atoms with Crippen LogP contribution in [0.4, 0.5) is 0 Å². The van der Waals surface area contributed by atoms with Gasteiger partial charge in [0.2, 0.25) is 0 Å². The van der Waals surface area contributed by atoms with Gasteiger partial charge < -0.3 is 13.4 Å². The molecule has 0 spiro atoms. The number of para-hydroxylation sites is 4. The number of fused-ring (bicyclic) bond motifs is 9. The van der Waals surface area contributed by atoms with Crippen molar-refractivity contribution in [2.75, 3.05) is 0 Å². The molecule has 0 saturated heterocycles. The predicted molar refractivity (Wildman–Crippen MR) is 237 cm³/mol. The summed E-state index contributed by atoms with van der Waals surface area (Å²) < 4.78 is 14.7. The number of nitrogens with zero attached hydrogens (tertiary/aromatic N) is 1. The SMILES string of the molecule is c1cc(-c2cc(-c3cccc(-c4ccc5oc6ccccc6c5c4)c3)cc(-n3c4ccccc4c4ccccc43)c2)cc(-c2ccc3oc4ccccc4c3c2)c1. The molecule has 0 atom stereocenters. The minimum absolute atomic E-state index is 0.903. The van der Waals surface area contributed by atoms with Crippen molar-refractivity contribution in [1.82, 2.24) is 4.57 Å². The van der Waals surface area contributed by atoms with Crippen molar-refractivity contribution in [2.45, 2.75) is 0 Å². The van der Waals surface area contributed by atoms with E-state index >= 15 is 0 Å². The Morgan fingerprint density at radius 3 is 1.11 bits per heavy atom. The van der Waals surface area contributed by atoms with Crippen LogP contribution >= 0.6 is 0 Å². The number of rotatable bonds is 5. The van der Waals surface area contributed by atoms with E-state index in [1.54, 1.807) is 0 Å². The van der Waals surface area contributed by atoms with E-state index < -0.39 is 0 Å². The first-order valence-electron chi connectivity index (χ1n) is 19.4. The third-order valence-corrected chi connectivity index (χ3v) is 11.6. The lowest BCUT2D eigenvalue weighted by molar-refractivity contribution is 0.668. The predicted octanol–water partition coefficient (Wildman–Crippen LogP) is 15.3. The molecule has 3 nitrogen and oxygen atoms in total. The van der Waals surface area contributed by atoms with Crippen LogP contribution in [0.3, 0.4) is 0 Å². The fourth-order valence-corrected chi connectivity index (χ4v) is 8.84. The molecule has 3 heterocycles. The fraction of sp³-hybridized carbons (Fsp3) is 0. The van der Waals surface area contributed by atoms with Crippen LogP contribution in [0.25, 0.3) is 116 Å². The maximum absolute atomic E-state index is 6.16. The van der Waals surface area contributed by atoms with Gasteiger partial charge in [0, 0.05) is 38.0 Å². The molecule has 0 aliphatic heterocycles. The Balaban J connectivity index is 1.04. The summed E-state index contributed by atoms with van der Waals surface area (Å²) in [6.45, 7) is 0. The Bertz CT molecular complexity index is 3310. The van der Waals surface area contributed by atoms with Crippen LogP contribution in [0, 0.1) is 0 Å². The Labute approximate surface area is 328 Å². The van der Waals surface area contributed by atoms with Crippen molar-refractivity contribution in [3.63, 3.8) is 0 Å². The van der Waals surface area contributed by atoms with E-state index in [9.17, 15) is 0 Å². The van der Waals surface area contributed by atoms with Crippen molar-refractivity contribution in [3.05, 3.63) is 200 Å². The molecule has 0 aliphatic rings. The van der Waals surface area contributed by atoms with Crippen LogP contribution in [-0.4, -0.2) is 4.57 Å². The lowest BCUT2D eigenvalue weighted by atomic mass is 9.93. The van der Waals surface area contributed by atoms with Crippen LogP contribution in [0.1, 0.15) is 0 Å². The van der Waals surface area contributed by atoms with Gasteiger partial charge in [-0.25, -0.2) is 0 Å². The molecule has 12 rings (SSSR count). The van der Waals surface area contributed by atoms with E-state index in [0.717, 1.165) is 94.1 Å². The molecule has 0 fully saturated rings. The van der Waals surface area contributed by atoms with Crippen LogP contribution in [-0.2, 0) is 0 Å². The molecule has 0 amide bonds. The summed E-state index contributed by atoms with van der Waals surface area (Å²) in [5.74, 6) is 0. The van der Waals surface area contributed by atoms with Gasteiger partial charge in [0.1, 0.15) is 22.3 Å². The van der Waals surface area contributed by atoms with Gasteiger partial charge in [-0.3, -0.25) is 0 Å². The molecule has 266 valence electrons. The van der Waals surface area contributed by atoms with E-state index in [1.807, 2.05) is 24.3 Å². The summed E-state index contributed by atoms with van der Waals surface area (Å²) in [5, 5.41) is 7.01. The van der Waals surface area contributed by atoms with Crippen molar-refractivity contribution >= 4 is 65.7 Å². The highest BCUT2D eigenvalue weighted by molar-refractivity contribution is 6.10. The Kier molecular flexibility index (Phi) is 6.93. The summed E-state index contributed by atoms with van der Waals surface area (Å²) in [4.78, 5) is 0. The molecular formula is C54H33NO2. The first kappa shape index (κ1) is 31.7. The van der Waals surface area contributed by atoms with E-state index in [4.69, 9.17) is 8.83 Å². The fourth-order valence-electron chi connectivity index (χ4n) is 8.84. The third kappa shape index (κ3) is 5.13. The highest BCUT2D eigenvalue weighted by atomic mass is 16.3. The van der Waals surface area contributed by atoms with Gasteiger partial charge in [-0.2, -0.15) is 0 Å². The number of aromatic nitrogens is 1. The second kappa shape index (κ2) is 12.5. The van der Waals surface area contributed by atoms with E-state index in [-0.39, 0.29) is 0 Å². The van der Waals surface area contributed by atoms with Gasteiger partial charge >= 0.3 is 0 Å². The average Bonchev–Trinajstić information content (AvgIpc) is 3.95. The maximum atomic E-state index is 6.16. The summed E-state index contributed by atoms with van der Waals surface area (Å²) in [7, 11) is 0. The lowest BCUT2D eigenvalue weighted by Crippen LogP contribution is -1.96. The van der Waals surface area contributed by atoms with Gasteiger partial charge in [-0.1, -0.05) is 121 Å². The van der Waals surface area contributed by atoms with Crippen LogP contribution in [0.5, 0.6) is 0 Å². The number of furan rings is 2. The molecule has 12 aromatic rings. The molecule has 0 bridgehead atoms. The molecule has 57 heavy (non-hydrogen) atoms. The zero-order valence-corrected chi connectivity index (χ0v) is 30.8. The molecule has 0 radical (unpaired) electrons. The smallest absolute Gasteiger partial charge is 0.135 e. The summed E-state index contributed by atoms with van der Waals surface area (Å²) >= 11 is 0. The highest BCUT2D eigenvalue weighted by Crippen LogP contribution is 2.39. The quantitative estimate of drug-likeness (QED) is 0.177. The summed E-state index contributed by atoms with van der Waals surface area (Å²) in [6, 6.07) is 71.9. The second-order valence-corrected chi connectivity index (χ2v) is 14.9. The van der Waals surface area contributed by atoms with Gasteiger partial charge in [0.15, 0.2) is 0 Å². The standard InChI is InChI=1S/C54H33NO2/c1-5-19-49-43(15-1)44-16-2-6-20-50(44)55(49)42-30-40(36-13-9-11-34(27-36)38-23-25-53-47(32-38)45-17-3-7-21-51(45)56-53)29-41(31-42)37-14-10-12-35(28-37)39-24-26-54-48(33-39)46-18-4-8-22-52(46)57-54/h1-33H. The molecule has 0 N–H and O–H groups in total. The highest BCUT2D eigenvalue weighted by Gasteiger charge is 2.16. The largest absolute Gasteiger partial charge is 0.456 e. The molecule has 3 aromatic heterocycles. The topological polar surface area (TPSA) is 31.2 Å². The lowest BCUT2D eigenvalue weighted by Gasteiger charge is -2.15. The Hall–Kier alpha value is -7.62. The molecule has 0 unspecified atom stereocenters. The summed E-state index contributed by atoms with van der Waals surface area (Å²) in [5.41, 5.74) is 16.4. The van der Waals surface area contributed by atoms with Crippen molar-refractivity contribution in [2.24, 2.45) is 0 Å². The molecule has 3 heteroatoms. The van der Waals surface area contributed by atoms with Crippen LogP contribution < -0.4 is 0 Å².